The van der Waals surface area contributed by atoms with Gasteiger partial charge in [-0.15, -0.1) is 4.57 Å². The molecule has 0 aliphatic carbocycles. The average molecular weight is 829 g/mol. The maximum absolute atomic E-state index is 14.2. The lowest BCUT2D eigenvalue weighted by Gasteiger charge is -2.39. The molecule has 0 spiro atoms. The smallest absolute Gasteiger partial charge is 0.449 e. The highest BCUT2D eigenvalue weighted by Gasteiger charge is 2.51. The largest absolute Gasteiger partial charge is 0.508 e. The van der Waals surface area contributed by atoms with Gasteiger partial charge < -0.3 is 39.2 Å². The van der Waals surface area contributed by atoms with Gasteiger partial charge in [0.1, 0.15) is 42.2 Å². The molecule has 9 rings (SSSR count). The Labute approximate surface area is 349 Å². The summed E-state index contributed by atoms with van der Waals surface area (Å²) >= 11 is 0. The van der Waals surface area contributed by atoms with E-state index < -0.39 is 23.4 Å². The van der Waals surface area contributed by atoms with Crippen LogP contribution in [0.2, 0.25) is 0 Å². The predicted octanol–water partition coefficient (Wildman–Crippen LogP) is 4.82. The van der Waals surface area contributed by atoms with E-state index in [2.05, 4.69) is 10.00 Å². The highest BCUT2D eigenvalue weighted by molar-refractivity contribution is 5.90. The number of ether oxygens (including phenoxy) is 2. The minimum absolute atomic E-state index is 0.0274. The molecule has 6 heterocycles. The van der Waals surface area contributed by atoms with E-state index in [1.54, 1.807) is 61.0 Å². The van der Waals surface area contributed by atoms with Crippen LogP contribution in [0.25, 0.3) is 39.4 Å². The molecule has 1 saturated heterocycles. The number of hydrogen-bond acceptors (Lipinski definition) is 11. The van der Waals surface area contributed by atoms with Gasteiger partial charge in [0.2, 0.25) is 5.60 Å². The second-order valence-electron chi connectivity index (χ2n) is 16.1. The molecule has 0 radical (unpaired) electrons. The number of amides is 1. The number of esters is 1. The van der Waals surface area contributed by atoms with Gasteiger partial charge in [0.05, 0.1) is 29.0 Å². The van der Waals surface area contributed by atoms with E-state index in [1.165, 1.54) is 20.2 Å². The van der Waals surface area contributed by atoms with Crippen molar-refractivity contribution in [2.24, 2.45) is 7.05 Å². The molecule has 16 heteroatoms. The normalized spacial score (nSPS) is 17.0. The molecule has 1 atom stereocenters. The Bertz CT molecular complexity index is 2920. The summed E-state index contributed by atoms with van der Waals surface area (Å²) < 4.78 is 16.4. The number of phenolic OH excluding ortho intramolecular Hbond substituents is 3. The number of aromatic nitrogens is 5. The molecular weight excluding hydrogens is 783 g/mol. The molecule has 16 nitrogen and oxygen atoms in total. The summed E-state index contributed by atoms with van der Waals surface area (Å²) in [5.41, 5.74) is 4.00. The Kier molecular flexibility index (Phi) is 9.40. The summed E-state index contributed by atoms with van der Waals surface area (Å²) in [6.07, 6.45) is -0.0243. The molecule has 6 aromatic rings. The summed E-state index contributed by atoms with van der Waals surface area (Å²) in [5.74, 6) is -0.448. The third kappa shape index (κ3) is 6.18. The fourth-order valence-corrected chi connectivity index (χ4v) is 9.15. The summed E-state index contributed by atoms with van der Waals surface area (Å²) in [6, 6.07) is 17.1. The first-order valence-corrected chi connectivity index (χ1v) is 20.4. The second-order valence-corrected chi connectivity index (χ2v) is 16.1. The zero-order chi connectivity index (χ0) is 43.1. The van der Waals surface area contributed by atoms with Crippen molar-refractivity contribution in [1.29, 1.82) is 0 Å². The van der Waals surface area contributed by atoms with E-state index in [0.29, 0.717) is 64.6 Å². The van der Waals surface area contributed by atoms with Crippen molar-refractivity contribution in [3.63, 3.8) is 0 Å². The van der Waals surface area contributed by atoms with Crippen LogP contribution < -0.4 is 20.8 Å². The number of aryl methyl sites for hydroxylation is 2. The van der Waals surface area contributed by atoms with Crippen molar-refractivity contribution < 1.29 is 39.1 Å². The van der Waals surface area contributed by atoms with Gasteiger partial charge >= 0.3 is 23.6 Å². The van der Waals surface area contributed by atoms with Gasteiger partial charge in [-0.2, -0.15) is 9.78 Å². The number of nitrogens with one attached hydrogen (secondary N) is 1. The van der Waals surface area contributed by atoms with Gasteiger partial charge in [-0.1, -0.05) is 27.7 Å². The van der Waals surface area contributed by atoms with E-state index >= 15 is 0 Å². The minimum atomic E-state index is -1.86. The molecule has 61 heavy (non-hydrogen) atoms. The van der Waals surface area contributed by atoms with E-state index in [4.69, 9.17) is 14.5 Å². The number of phenols is 3. The molecule has 0 bridgehead atoms. The number of H-pyrrole nitrogens is 1. The highest BCUT2D eigenvalue weighted by Crippen LogP contribution is 2.43. The molecule has 314 valence electrons. The van der Waals surface area contributed by atoms with Crippen molar-refractivity contribution in [2.75, 3.05) is 31.1 Å². The number of pyridine rings is 2. The maximum atomic E-state index is 14.2. The van der Waals surface area contributed by atoms with Crippen LogP contribution in [0.4, 0.5) is 10.5 Å². The standard InChI is InChI=1S/C45H45N7O9/c1-6-28-30-18-27(53)12-13-35(30)46-39-32(28)22-51-36(39)20-34-33(41(51)56)23-60-42(57)45(34,7-2)61-44(59)50-16-14-49(15-17-50)25-8-10-26(11-9-25)52-40(48(5)47-43(52)58)31-19-29(24(3)4)37(54)21-38(31)55/h8-13,18-21,24H,6-7,14-17,22-23H2,1-5H3,(H3,47,53,54,55,56,58)/p+1. The average Bonchev–Trinajstić information content (AvgIpc) is 3.76. The first kappa shape index (κ1) is 39.4. The minimum Gasteiger partial charge on any atom is -0.508 e. The van der Waals surface area contributed by atoms with Crippen LogP contribution in [-0.4, -0.2) is 77.7 Å². The number of hydrogen-bond donors (Lipinski definition) is 4. The van der Waals surface area contributed by atoms with Crippen molar-refractivity contribution in [3.05, 3.63) is 109 Å². The lowest BCUT2D eigenvalue weighted by Crippen LogP contribution is -2.53. The first-order chi connectivity index (χ1) is 29.2. The zero-order valence-electron chi connectivity index (χ0n) is 34.5. The third-order valence-electron chi connectivity index (χ3n) is 12.4. The number of aromatic amines is 1. The Balaban J connectivity index is 0.951. The topological polar surface area (TPSA) is 196 Å². The Hall–Kier alpha value is -7.10. The molecular formula is C45H46N7O9+. The van der Waals surface area contributed by atoms with Gasteiger partial charge in [-0.05, 0) is 84.5 Å². The fourth-order valence-electron chi connectivity index (χ4n) is 9.15. The van der Waals surface area contributed by atoms with E-state index in [0.717, 1.165) is 22.2 Å². The Morgan fingerprint density at radius 2 is 1.66 bits per heavy atom. The van der Waals surface area contributed by atoms with E-state index in [-0.39, 0.29) is 67.0 Å². The molecule has 4 N–H and O–H groups in total. The number of benzene rings is 3. The number of fused-ring (bicyclic) bond motifs is 5. The summed E-state index contributed by atoms with van der Waals surface area (Å²) in [6.45, 7) is 9.07. The first-order valence-electron chi connectivity index (χ1n) is 20.4. The molecule has 3 aliphatic heterocycles. The molecule has 1 amide bonds. The molecule has 0 saturated carbocycles. The van der Waals surface area contributed by atoms with Crippen LogP contribution in [-0.2, 0) is 46.5 Å². The highest BCUT2D eigenvalue weighted by atomic mass is 16.6. The monoisotopic (exact) mass is 828 g/mol. The number of anilines is 1. The predicted molar refractivity (Wildman–Crippen MR) is 224 cm³/mol. The van der Waals surface area contributed by atoms with Crippen LogP contribution >= 0.6 is 0 Å². The van der Waals surface area contributed by atoms with Crippen molar-refractivity contribution in [3.8, 4) is 45.7 Å². The summed E-state index contributed by atoms with van der Waals surface area (Å²) in [7, 11) is 1.67. The lowest BCUT2D eigenvalue weighted by molar-refractivity contribution is -0.718. The van der Waals surface area contributed by atoms with Crippen LogP contribution in [0.3, 0.4) is 0 Å². The number of cyclic esters (lactones) is 1. The lowest BCUT2D eigenvalue weighted by atomic mass is 9.85. The number of aromatic hydroxyl groups is 3. The molecule has 3 aromatic carbocycles. The number of rotatable bonds is 7. The number of carbonyl (C=O) groups is 2. The maximum Gasteiger partial charge on any atom is 0.449 e. The van der Waals surface area contributed by atoms with Gasteiger partial charge in [0.15, 0.2) is 0 Å². The van der Waals surface area contributed by atoms with E-state index in [1.807, 2.05) is 32.9 Å². The second kappa shape index (κ2) is 14.6. The number of nitrogens with zero attached hydrogens (tertiary/aromatic N) is 6. The molecule has 1 unspecified atom stereocenters. The Morgan fingerprint density at radius 1 is 0.934 bits per heavy atom. The molecule has 1 fully saturated rings. The molecule has 3 aliphatic rings. The van der Waals surface area contributed by atoms with Gasteiger partial charge in [-0.25, -0.2) is 19.4 Å². The fraction of sp³-hybridized carbons (Fsp3) is 0.333. The number of carbonyl (C=O) groups excluding carboxylic acids is 2. The van der Waals surface area contributed by atoms with E-state index in [9.17, 15) is 34.5 Å². The summed E-state index contributed by atoms with van der Waals surface area (Å²) in [5, 5.41) is 35.1. The number of piperazine rings is 1. The van der Waals surface area contributed by atoms with Crippen molar-refractivity contribution in [1.82, 2.24) is 24.1 Å². The van der Waals surface area contributed by atoms with Crippen molar-refractivity contribution >= 4 is 28.7 Å². The van der Waals surface area contributed by atoms with Crippen molar-refractivity contribution in [2.45, 2.75) is 65.2 Å². The van der Waals surface area contributed by atoms with Crippen LogP contribution in [0.5, 0.6) is 17.2 Å². The van der Waals surface area contributed by atoms with Crippen LogP contribution in [0.15, 0.2) is 70.3 Å². The zero-order valence-corrected chi connectivity index (χ0v) is 34.5. The third-order valence-corrected chi connectivity index (χ3v) is 12.4. The van der Waals surface area contributed by atoms with Gasteiger partial charge in [-0.3, -0.25) is 4.79 Å². The van der Waals surface area contributed by atoms with Crippen LogP contribution in [0.1, 0.15) is 67.9 Å². The molecule has 3 aromatic heterocycles. The summed E-state index contributed by atoms with van der Waals surface area (Å²) in [4.78, 5) is 63.6. The quantitative estimate of drug-likeness (QED) is 0.127. The SMILES string of the molecule is CCc1c2c(nc3ccc(O)cc13)-c1cc3c(c(=O)n1C2)COC(=O)C3(CC)OC(=O)N1CCN(c2ccc(-n3c(-c4cc(C(C)C)c(O)cc4O)[n+](C)[nH]c3=O)cc2)CC1. The van der Waals surface area contributed by atoms with Crippen LogP contribution in [0, 0.1) is 0 Å². The van der Waals surface area contributed by atoms with Gasteiger partial charge in [0, 0.05) is 54.4 Å². The Morgan fingerprint density at radius 3 is 2.34 bits per heavy atom. The van der Waals surface area contributed by atoms with Gasteiger partial charge in [0.25, 0.3) is 5.56 Å².